The molecule has 0 bridgehead atoms. The third-order valence-electron chi connectivity index (χ3n) is 2.24. The molecule has 0 fully saturated rings. The molecule has 0 saturated carbocycles. The van der Waals surface area contributed by atoms with Crippen molar-refractivity contribution in [2.24, 2.45) is 5.16 Å². The van der Waals surface area contributed by atoms with E-state index in [2.05, 4.69) is 10.5 Å². The summed E-state index contributed by atoms with van der Waals surface area (Å²) >= 11 is 0. The predicted molar refractivity (Wildman–Crippen MR) is 59.4 cm³/mol. The predicted octanol–water partition coefficient (Wildman–Crippen LogP) is 2.09. The number of carbonyl (C=O) groups is 1. The van der Waals surface area contributed by atoms with E-state index in [1.54, 1.807) is 0 Å². The third kappa shape index (κ3) is 3.09. The van der Waals surface area contributed by atoms with Crippen molar-refractivity contribution in [3.63, 3.8) is 0 Å². The number of carbonyl (C=O) groups excluding carboxylic acids is 1. The Bertz CT molecular complexity index is 386. The highest BCUT2D eigenvalue weighted by Gasteiger charge is 2.04. The van der Waals surface area contributed by atoms with Crippen LogP contribution in [0.15, 0.2) is 23.4 Å². The van der Waals surface area contributed by atoms with Gasteiger partial charge in [-0.3, -0.25) is 4.79 Å². The van der Waals surface area contributed by atoms with E-state index in [0.29, 0.717) is 0 Å². The Morgan fingerprint density at radius 2 is 2.27 bits per heavy atom. The van der Waals surface area contributed by atoms with E-state index in [9.17, 15) is 4.79 Å². The van der Waals surface area contributed by atoms with Crippen molar-refractivity contribution >= 4 is 17.8 Å². The Labute approximate surface area is 88.6 Å². The van der Waals surface area contributed by atoms with Gasteiger partial charge in [0, 0.05) is 5.69 Å². The molecule has 0 aliphatic carbocycles. The minimum atomic E-state index is -0.193. The lowest BCUT2D eigenvalue weighted by molar-refractivity contribution is -0.115. The van der Waals surface area contributed by atoms with Gasteiger partial charge in [0.25, 0.3) is 0 Å². The first-order valence-electron chi connectivity index (χ1n) is 4.67. The molecule has 0 aliphatic heterocycles. The second-order valence-corrected chi connectivity index (χ2v) is 3.30. The first kappa shape index (κ1) is 11.2. The molecular formula is C11H14N2O2. The lowest BCUT2D eigenvalue weighted by Gasteiger charge is -2.08. The molecule has 0 heterocycles. The van der Waals surface area contributed by atoms with Crippen molar-refractivity contribution in [3.05, 3.63) is 29.3 Å². The van der Waals surface area contributed by atoms with Crippen LogP contribution in [0.3, 0.4) is 0 Å². The second-order valence-electron chi connectivity index (χ2n) is 3.30. The Hall–Kier alpha value is -1.84. The zero-order valence-corrected chi connectivity index (χ0v) is 8.82. The monoisotopic (exact) mass is 206 g/mol. The standard InChI is InChI=1S/C11H14N2O2/c1-8-4-3-5-10(9(8)2)13-11(14)6-7-12-15/h3-5,7,15H,6H2,1-2H3,(H,13,14). The summed E-state index contributed by atoms with van der Waals surface area (Å²) < 4.78 is 0. The van der Waals surface area contributed by atoms with Crippen LogP contribution in [0, 0.1) is 13.8 Å². The van der Waals surface area contributed by atoms with Gasteiger partial charge in [0.05, 0.1) is 12.6 Å². The zero-order chi connectivity index (χ0) is 11.3. The number of aryl methyl sites for hydroxylation is 1. The summed E-state index contributed by atoms with van der Waals surface area (Å²) in [5.41, 5.74) is 2.97. The molecule has 0 radical (unpaired) electrons. The molecule has 1 aromatic carbocycles. The summed E-state index contributed by atoms with van der Waals surface area (Å²) in [4.78, 5) is 11.3. The summed E-state index contributed by atoms with van der Waals surface area (Å²) in [5, 5.41) is 13.7. The van der Waals surface area contributed by atoms with E-state index in [4.69, 9.17) is 5.21 Å². The Kier molecular flexibility index (Phi) is 3.85. The molecule has 15 heavy (non-hydrogen) atoms. The number of nitrogens with zero attached hydrogens (tertiary/aromatic N) is 1. The van der Waals surface area contributed by atoms with E-state index in [1.165, 1.54) is 0 Å². The minimum Gasteiger partial charge on any atom is -0.411 e. The van der Waals surface area contributed by atoms with Crippen LogP contribution in [0.5, 0.6) is 0 Å². The number of anilines is 1. The molecule has 0 aliphatic rings. The Morgan fingerprint density at radius 1 is 1.53 bits per heavy atom. The van der Waals surface area contributed by atoms with Gasteiger partial charge in [0.2, 0.25) is 5.91 Å². The van der Waals surface area contributed by atoms with Gasteiger partial charge in [-0.1, -0.05) is 12.1 Å². The number of benzene rings is 1. The summed E-state index contributed by atoms with van der Waals surface area (Å²) in [6, 6.07) is 5.72. The number of amides is 1. The van der Waals surface area contributed by atoms with Crippen LogP contribution >= 0.6 is 0 Å². The van der Waals surface area contributed by atoms with E-state index in [1.807, 2.05) is 32.0 Å². The second kappa shape index (κ2) is 5.14. The lowest BCUT2D eigenvalue weighted by Crippen LogP contribution is -2.12. The SMILES string of the molecule is Cc1cccc(NC(=O)CC=NO)c1C. The molecule has 1 rings (SSSR count). The molecule has 0 saturated heterocycles. The van der Waals surface area contributed by atoms with E-state index in [0.717, 1.165) is 23.0 Å². The van der Waals surface area contributed by atoms with Crippen molar-refractivity contribution < 1.29 is 10.0 Å². The van der Waals surface area contributed by atoms with E-state index >= 15 is 0 Å². The number of hydrogen-bond donors (Lipinski definition) is 2. The molecule has 2 N–H and O–H groups in total. The molecule has 4 nitrogen and oxygen atoms in total. The third-order valence-corrected chi connectivity index (χ3v) is 2.24. The van der Waals surface area contributed by atoms with Crippen LogP contribution in [0.1, 0.15) is 17.5 Å². The summed E-state index contributed by atoms with van der Waals surface area (Å²) in [7, 11) is 0. The number of oxime groups is 1. The quantitative estimate of drug-likeness (QED) is 0.452. The van der Waals surface area contributed by atoms with Crippen molar-refractivity contribution in [1.29, 1.82) is 0 Å². The molecule has 4 heteroatoms. The first-order chi connectivity index (χ1) is 7.15. The fraction of sp³-hybridized carbons (Fsp3) is 0.273. The van der Waals surface area contributed by atoms with Gasteiger partial charge < -0.3 is 10.5 Å². The highest BCUT2D eigenvalue weighted by atomic mass is 16.4. The van der Waals surface area contributed by atoms with E-state index < -0.39 is 0 Å². The van der Waals surface area contributed by atoms with Gasteiger partial charge in [-0.05, 0) is 31.0 Å². The summed E-state index contributed by atoms with van der Waals surface area (Å²) in [6.07, 6.45) is 1.23. The van der Waals surface area contributed by atoms with Crippen LogP contribution in [-0.2, 0) is 4.79 Å². The number of nitrogens with one attached hydrogen (secondary N) is 1. The van der Waals surface area contributed by atoms with Crippen molar-refractivity contribution in [1.82, 2.24) is 0 Å². The van der Waals surface area contributed by atoms with Crippen LogP contribution in [0.2, 0.25) is 0 Å². The smallest absolute Gasteiger partial charge is 0.229 e. The maximum atomic E-state index is 11.3. The van der Waals surface area contributed by atoms with Gasteiger partial charge in [-0.2, -0.15) is 0 Å². The first-order valence-corrected chi connectivity index (χ1v) is 4.67. The van der Waals surface area contributed by atoms with Gasteiger partial charge in [0.1, 0.15) is 0 Å². The average Bonchev–Trinajstić information content (AvgIpc) is 2.22. The van der Waals surface area contributed by atoms with Gasteiger partial charge in [-0.15, -0.1) is 5.16 Å². The molecular weight excluding hydrogens is 192 g/mol. The van der Waals surface area contributed by atoms with Gasteiger partial charge >= 0.3 is 0 Å². The minimum absolute atomic E-state index is 0.0733. The summed E-state index contributed by atoms with van der Waals surface area (Å²) in [5.74, 6) is -0.193. The van der Waals surface area contributed by atoms with Gasteiger partial charge in [0.15, 0.2) is 0 Å². The van der Waals surface area contributed by atoms with Crippen LogP contribution in [0.4, 0.5) is 5.69 Å². The Morgan fingerprint density at radius 3 is 2.93 bits per heavy atom. The van der Waals surface area contributed by atoms with Gasteiger partial charge in [-0.25, -0.2) is 0 Å². The van der Waals surface area contributed by atoms with Crippen LogP contribution in [-0.4, -0.2) is 17.3 Å². The topological polar surface area (TPSA) is 61.7 Å². The molecule has 1 aromatic rings. The molecule has 0 atom stereocenters. The maximum Gasteiger partial charge on any atom is 0.229 e. The molecule has 0 aromatic heterocycles. The largest absolute Gasteiger partial charge is 0.411 e. The maximum absolute atomic E-state index is 11.3. The fourth-order valence-corrected chi connectivity index (χ4v) is 1.21. The van der Waals surface area contributed by atoms with Crippen LogP contribution in [0.25, 0.3) is 0 Å². The average molecular weight is 206 g/mol. The Balaban J connectivity index is 2.72. The van der Waals surface area contributed by atoms with Crippen molar-refractivity contribution in [3.8, 4) is 0 Å². The molecule has 0 unspecified atom stereocenters. The normalized spacial score (nSPS) is 10.5. The zero-order valence-electron chi connectivity index (χ0n) is 8.82. The number of hydrogen-bond acceptors (Lipinski definition) is 3. The summed E-state index contributed by atoms with van der Waals surface area (Å²) in [6.45, 7) is 3.94. The highest BCUT2D eigenvalue weighted by Crippen LogP contribution is 2.17. The van der Waals surface area contributed by atoms with E-state index in [-0.39, 0.29) is 12.3 Å². The highest BCUT2D eigenvalue weighted by molar-refractivity contribution is 5.99. The fourth-order valence-electron chi connectivity index (χ4n) is 1.21. The molecule has 1 amide bonds. The lowest BCUT2D eigenvalue weighted by atomic mass is 10.1. The number of rotatable bonds is 3. The van der Waals surface area contributed by atoms with Crippen molar-refractivity contribution in [2.45, 2.75) is 20.3 Å². The van der Waals surface area contributed by atoms with Crippen molar-refractivity contribution in [2.75, 3.05) is 5.32 Å². The van der Waals surface area contributed by atoms with Crippen LogP contribution < -0.4 is 5.32 Å². The molecule has 80 valence electrons. The molecule has 0 spiro atoms.